The van der Waals surface area contributed by atoms with Crippen LogP contribution in [0.2, 0.25) is 0 Å². The van der Waals surface area contributed by atoms with E-state index in [2.05, 4.69) is 40.1 Å². The van der Waals surface area contributed by atoms with Crippen molar-refractivity contribution in [3.63, 3.8) is 0 Å². The van der Waals surface area contributed by atoms with Crippen LogP contribution in [0.15, 0.2) is 34.3 Å². The first-order chi connectivity index (χ1) is 9.79. The summed E-state index contributed by atoms with van der Waals surface area (Å²) in [5, 5.41) is 13.4. The highest BCUT2D eigenvalue weighted by atomic mass is 32.1. The number of nitrogens with zero attached hydrogens (tertiary/aromatic N) is 2. The molecule has 1 aromatic carbocycles. The molecular weight excluding hydrogens is 272 g/mol. The maximum absolute atomic E-state index is 5.87. The lowest BCUT2D eigenvalue weighted by atomic mass is 10.1. The molecule has 6 heteroatoms. The summed E-state index contributed by atoms with van der Waals surface area (Å²) < 4.78 is 4.80. The summed E-state index contributed by atoms with van der Waals surface area (Å²) in [6.07, 6.45) is 2.16. The molecule has 0 spiro atoms. The average Bonchev–Trinajstić information content (AvgIpc) is 3.12. The van der Waals surface area contributed by atoms with E-state index in [-0.39, 0.29) is 6.04 Å². The van der Waals surface area contributed by atoms with Gasteiger partial charge in [-0.1, -0.05) is 19.4 Å². The standard InChI is InChI=1S/C14H16N4OS/c1-2-4-10(12-5-3-8-20-12)16-11-7-6-9(15)13-14(11)18-19-17-13/h3,5-8,10,16H,2,4,15H2,1H3. The second-order valence-electron chi connectivity index (χ2n) is 4.66. The highest BCUT2D eigenvalue weighted by Crippen LogP contribution is 2.31. The number of nitrogens with two attached hydrogens (primary N) is 1. The van der Waals surface area contributed by atoms with E-state index in [0.717, 1.165) is 18.5 Å². The van der Waals surface area contributed by atoms with Crippen LogP contribution < -0.4 is 11.1 Å². The quantitative estimate of drug-likeness (QED) is 0.698. The maximum Gasteiger partial charge on any atom is 0.160 e. The molecule has 0 aliphatic carbocycles. The number of nitrogens with one attached hydrogen (secondary N) is 1. The van der Waals surface area contributed by atoms with Crippen molar-refractivity contribution >= 4 is 33.7 Å². The Morgan fingerprint density at radius 3 is 2.90 bits per heavy atom. The van der Waals surface area contributed by atoms with Crippen molar-refractivity contribution in [2.45, 2.75) is 25.8 Å². The lowest BCUT2D eigenvalue weighted by molar-refractivity contribution is 0.315. The molecule has 0 radical (unpaired) electrons. The van der Waals surface area contributed by atoms with Crippen LogP contribution in [0.3, 0.4) is 0 Å². The van der Waals surface area contributed by atoms with E-state index in [1.165, 1.54) is 4.88 Å². The van der Waals surface area contributed by atoms with E-state index in [9.17, 15) is 0 Å². The second-order valence-corrected chi connectivity index (χ2v) is 5.64. The van der Waals surface area contributed by atoms with Crippen molar-refractivity contribution in [1.29, 1.82) is 0 Å². The molecule has 2 aromatic heterocycles. The van der Waals surface area contributed by atoms with Crippen molar-refractivity contribution in [1.82, 2.24) is 10.3 Å². The largest absolute Gasteiger partial charge is 0.397 e. The third kappa shape index (κ3) is 2.34. The Labute approximate surface area is 120 Å². The topological polar surface area (TPSA) is 77.0 Å². The normalized spacial score (nSPS) is 12.7. The van der Waals surface area contributed by atoms with Gasteiger partial charge in [-0.05, 0) is 40.3 Å². The SMILES string of the molecule is CCCC(Nc1ccc(N)c2nonc12)c1cccs1. The number of rotatable bonds is 5. The molecule has 3 aromatic rings. The smallest absolute Gasteiger partial charge is 0.160 e. The van der Waals surface area contributed by atoms with Gasteiger partial charge in [-0.2, -0.15) is 0 Å². The fourth-order valence-electron chi connectivity index (χ4n) is 2.25. The molecule has 20 heavy (non-hydrogen) atoms. The first kappa shape index (κ1) is 12.9. The number of benzene rings is 1. The molecule has 104 valence electrons. The van der Waals surface area contributed by atoms with E-state index in [1.807, 2.05) is 12.1 Å². The van der Waals surface area contributed by atoms with Gasteiger partial charge in [0.2, 0.25) is 0 Å². The number of aromatic nitrogens is 2. The first-order valence-corrected chi connectivity index (χ1v) is 7.48. The Kier molecular flexibility index (Phi) is 3.56. The van der Waals surface area contributed by atoms with Crippen LogP contribution in [0, 0.1) is 0 Å². The predicted octanol–water partition coefficient (Wildman–Crippen LogP) is 3.82. The molecule has 0 aliphatic rings. The summed E-state index contributed by atoms with van der Waals surface area (Å²) in [6, 6.07) is 8.24. The molecule has 3 N–H and O–H groups in total. The molecule has 1 unspecified atom stereocenters. The zero-order valence-corrected chi connectivity index (χ0v) is 12.0. The molecule has 0 amide bonds. The molecule has 0 saturated heterocycles. The van der Waals surface area contributed by atoms with Crippen molar-refractivity contribution < 1.29 is 4.63 Å². The third-order valence-corrected chi connectivity index (χ3v) is 4.23. The molecule has 1 atom stereocenters. The number of fused-ring (bicyclic) bond motifs is 1. The van der Waals surface area contributed by atoms with E-state index < -0.39 is 0 Å². The molecule has 0 fully saturated rings. The van der Waals surface area contributed by atoms with Crippen LogP contribution in [0.25, 0.3) is 11.0 Å². The first-order valence-electron chi connectivity index (χ1n) is 6.60. The van der Waals surface area contributed by atoms with Gasteiger partial charge < -0.3 is 11.1 Å². The van der Waals surface area contributed by atoms with Crippen molar-refractivity contribution in [2.75, 3.05) is 11.1 Å². The maximum atomic E-state index is 5.87. The second kappa shape index (κ2) is 5.50. The van der Waals surface area contributed by atoms with Gasteiger partial charge in [0.05, 0.1) is 17.4 Å². The number of anilines is 2. The minimum atomic E-state index is 0.267. The highest BCUT2D eigenvalue weighted by molar-refractivity contribution is 7.10. The zero-order chi connectivity index (χ0) is 13.9. The summed E-state index contributed by atoms with van der Waals surface area (Å²) in [6.45, 7) is 2.18. The summed E-state index contributed by atoms with van der Waals surface area (Å²) in [7, 11) is 0. The average molecular weight is 288 g/mol. The summed E-state index contributed by atoms with van der Waals surface area (Å²) in [5.41, 5.74) is 8.64. The van der Waals surface area contributed by atoms with E-state index in [4.69, 9.17) is 10.4 Å². The Hall–Kier alpha value is -2.08. The number of thiophene rings is 1. The van der Waals surface area contributed by atoms with Crippen LogP contribution in [-0.2, 0) is 0 Å². The highest BCUT2D eigenvalue weighted by Gasteiger charge is 2.16. The number of hydrogen-bond acceptors (Lipinski definition) is 6. The van der Waals surface area contributed by atoms with Gasteiger partial charge in [-0.15, -0.1) is 11.3 Å². The van der Waals surface area contributed by atoms with Crippen LogP contribution in [0.5, 0.6) is 0 Å². The third-order valence-electron chi connectivity index (χ3n) is 3.24. The lowest BCUT2D eigenvalue weighted by Crippen LogP contribution is -2.09. The van der Waals surface area contributed by atoms with Gasteiger partial charge in [0.15, 0.2) is 11.0 Å². The monoisotopic (exact) mass is 288 g/mol. The van der Waals surface area contributed by atoms with Gasteiger partial charge in [0.25, 0.3) is 0 Å². The van der Waals surface area contributed by atoms with Crippen LogP contribution in [-0.4, -0.2) is 10.3 Å². The molecule has 0 aliphatic heterocycles. The predicted molar refractivity (Wildman–Crippen MR) is 81.8 cm³/mol. The van der Waals surface area contributed by atoms with E-state index in [0.29, 0.717) is 16.7 Å². The summed E-state index contributed by atoms with van der Waals surface area (Å²) >= 11 is 1.75. The molecule has 2 heterocycles. The number of hydrogen-bond donors (Lipinski definition) is 2. The molecule has 0 bridgehead atoms. The zero-order valence-electron chi connectivity index (χ0n) is 11.2. The van der Waals surface area contributed by atoms with Gasteiger partial charge in [-0.25, -0.2) is 4.63 Å². The number of nitrogen functional groups attached to an aromatic ring is 1. The van der Waals surface area contributed by atoms with Gasteiger partial charge >= 0.3 is 0 Å². The minimum Gasteiger partial charge on any atom is -0.397 e. The van der Waals surface area contributed by atoms with Crippen molar-refractivity contribution in [2.24, 2.45) is 0 Å². The van der Waals surface area contributed by atoms with Crippen LogP contribution in [0.4, 0.5) is 11.4 Å². The molecule has 0 saturated carbocycles. The molecule has 5 nitrogen and oxygen atoms in total. The van der Waals surface area contributed by atoms with Crippen LogP contribution in [0.1, 0.15) is 30.7 Å². The minimum absolute atomic E-state index is 0.267. The van der Waals surface area contributed by atoms with Gasteiger partial charge in [0, 0.05) is 4.88 Å². The van der Waals surface area contributed by atoms with Gasteiger partial charge in [-0.3, -0.25) is 0 Å². The van der Waals surface area contributed by atoms with E-state index >= 15 is 0 Å². The van der Waals surface area contributed by atoms with Crippen LogP contribution >= 0.6 is 11.3 Å². The Morgan fingerprint density at radius 1 is 1.30 bits per heavy atom. The summed E-state index contributed by atoms with van der Waals surface area (Å²) in [4.78, 5) is 1.31. The van der Waals surface area contributed by atoms with Crippen molar-refractivity contribution in [3.05, 3.63) is 34.5 Å². The molecular formula is C14H16N4OS. The Balaban J connectivity index is 1.94. The Morgan fingerprint density at radius 2 is 2.15 bits per heavy atom. The molecule has 3 rings (SSSR count). The summed E-state index contributed by atoms with van der Waals surface area (Å²) in [5.74, 6) is 0. The van der Waals surface area contributed by atoms with Crippen molar-refractivity contribution in [3.8, 4) is 0 Å². The fourth-order valence-corrected chi connectivity index (χ4v) is 3.07. The Bertz CT molecular complexity index is 692. The fraction of sp³-hybridized carbons (Fsp3) is 0.286. The van der Waals surface area contributed by atoms with Gasteiger partial charge in [0.1, 0.15) is 0 Å². The van der Waals surface area contributed by atoms with E-state index in [1.54, 1.807) is 11.3 Å². The lowest BCUT2D eigenvalue weighted by Gasteiger charge is -2.18.